The van der Waals surface area contributed by atoms with E-state index in [1.54, 1.807) is 30.3 Å². The van der Waals surface area contributed by atoms with Crippen molar-refractivity contribution >= 4 is 9.84 Å². The molecule has 1 aliphatic rings. The van der Waals surface area contributed by atoms with Crippen LogP contribution in [-0.2, 0) is 14.6 Å². The minimum absolute atomic E-state index is 0.240. The molecule has 0 spiro atoms. The first-order chi connectivity index (χ1) is 10.1. The van der Waals surface area contributed by atoms with Gasteiger partial charge < -0.3 is 4.74 Å². The van der Waals surface area contributed by atoms with E-state index in [1.165, 1.54) is 30.3 Å². The molecular formula is C16H13FO3S. The predicted octanol–water partition coefficient (Wildman–Crippen LogP) is 3.25. The van der Waals surface area contributed by atoms with Gasteiger partial charge in [-0.1, -0.05) is 30.3 Å². The number of epoxide rings is 1. The van der Waals surface area contributed by atoms with Gasteiger partial charge in [0.15, 0.2) is 9.84 Å². The first kappa shape index (κ1) is 14.0. The van der Waals surface area contributed by atoms with Crippen LogP contribution in [0, 0.1) is 5.82 Å². The largest absolute Gasteiger partial charge is 0.360 e. The van der Waals surface area contributed by atoms with Crippen molar-refractivity contribution in [2.24, 2.45) is 0 Å². The van der Waals surface area contributed by atoms with Gasteiger partial charge in [0.2, 0.25) is 0 Å². The fourth-order valence-electron chi connectivity index (χ4n) is 2.09. The highest BCUT2D eigenvalue weighted by Crippen LogP contribution is 2.39. The highest BCUT2D eigenvalue weighted by atomic mass is 32.2. The number of benzene rings is 2. The third-order valence-corrected chi connectivity index (χ3v) is 4.67. The lowest BCUT2D eigenvalue weighted by Gasteiger charge is -1.97. The summed E-state index contributed by atoms with van der Waals surface area (Å²) in [7, 11) is -3.46. The molecular weight excluding hydrogens is 291 g/mol. The van der Waals surface area contributed by atoms with Crippen molar-refractivity contribution < 1.29 is 17.5 Å². The van der Waals surface area contributed by atoms with Crippen LogP contribution in [0.5, 0.6) is 0 Å². The maximum Gasteiger partial charge on any atom is 0.199 e. The van der Waals surface area contributed by atoms with Crippen LogP contribution in [0.15, 0.2) is 71.0 Å². The Kier molecular flexibility index (Phi) is 3.61. The summed E-state index contributed by atoms with van der Waals surface area (Å²) in [4.78, 5) is 0.240. The van der Waals surface area contributed by atoms with Crippen LogP contribution in [0.2, 0.25) is 0 Å². The maximum absolute atomic E-state index is 13.1. The maximum atomic E-state index is 13.1. The number of rotatable bonds is 4. The molecule has 2 atom stereocenters. The SMILES string of the molecule is O=S(=O)(/C=C/[C@@H]1O[C@@H]1c1cccc(F)c1)c1ccccc1. The fourth-order valence-corrected chi connectivity index (χ4v) is 3.15. The van der Waals surface area contributed by atoms with Gasteiger partial charge in [-0.15, -0.1) is 0 Å². The van der Waals surface area contributed by atoms with Gasteiger partial charge >= 0.3 is 0 Å². The van der Waals surface area contributed by atoms with E-state index in [0.29, 0.717) is 5.56 Å². The molecule has 5 heteroatoms. The molecule has 2 aromatic carbocycles. The van der Waals surface area contributed by atoms with Crippen molar-refractivity contribution in [1.29, 1.82) is 0 Å². The molecule has 0 saturated carbocycles. The van der Waals surface area contributed by atoms with Crippen LogP contribution < -0.4 is 0 Å². The minimum atomic E-state index is -3.46. The second-order valence-corrected chi connectivity index (χ2v) is 6.60. The summed E-state index contributed by atoms with van der Waals surface area (Å²) in [5.74, 6) is -0.331. The fraction of sp³-hybridized carbons (Fsp3) is 0.125. The van der Waals surface area contributed by atoms with Crippen molar-refractivity contribution in [3.05, 3.63) is 77.5 Å². The second kappa shape index (κ2) is 5.42. The van der Waals surface area contributed by atoms with Crippen LogP contribution >= 0.6 is 0 Å². The molecule has 0 aliphatic carbocycles. The Morgan fingerprint density at radius 1 is 1.05 bits per heavy atom. The zero-order valence-corrected chi connectivity index (χ0v) is 11.8. The lowest BCUT2D eigenvalue weighted by molar-refractivity contribution is 0.393. The topological polar surface area (TPSA) is 46.7 Å². The summed E-state index contributed by atoms with van der Waals surface area (Å²) < 4.78 is 42.6. The van der Waals surface area contributed by atoms with E-state index in [9.17, 15) is 12.8 Å². The summed E-state index contributed by atoms with van der Waals surface area (Å²) in [6.45, 7) is 0. The van der Waals surface area contributed by atoms with Crippen molar-refractivity contribution in [2.75, 3.05) is 0 Å². The Balaban J connectivity index is 1.72. The van der Waals surface area contributed by atoms with Gasteiger partial charge in [0.05, 0.1) is 4.90 Å². The molecule has 0 radical (unpaired) electrons. The molecule has 1 heterocycles. The average molecular weight is 304 g/mol. The first-order valence-electron chi connectivity index (χ1n) is 6.45. The highest BCUT2D eigenvalue weighted by Gasteiger charge is 2.38. The lowest BCUT2D eigenvalue weighted by atomic mass is 10.1. The monoisotopic (exact) mass is 304 g/mol. The van der Waals surface area contributed by atoms with Crippen LogP contribution in [-0.4, -0.2) is 14.5 Å². The normalized spacial score (nSPS) is 21.6. The number of hydrogen-bond donors (Lipinski definition) is 0. The van der Waals surface area contributed by atoms with E-state index in [4.69, 9.17) is 4.74 Å². The summed E-state index contributed by atoms with van der Waals surface area (Å²) in [6, 6.07) is 14.3. The molecule has 0 amide bonds. The Hall–Kier alpha value is -1.98. The molecule has 0 aromatic heterocycles. The molecule has 1 aliphatic heterocycles. The number of halogens is 1. The van der Waals surface area contributed by atoms with E-state index in [2.05, 4.69) is 0 Å². The molecule has 3 rings (SSSR count). The van der Waals surface area contributed by atoms with E-state index in [1.807, 2.05) is 0 Å². The van der Waals surface area contributed by atoms with E-state index >= 15 is 0 Å². The molecule has 21 heavy (non-hydrogen) atoms. The van der Waals surface area contributed by atoms with Crippen LogP contribution in [0.1, 0.15) is 11.7 Å². The van der Waals surface area contributed by atoms with E-state index < -0.39 is 9.84 Å². The molecule has 0 N–H and O–H groups in total. The first-order valence-corrected chi connectivity index (χ1v) is 8.00. The number of hydrogen-bond acceptors (Lipinski definition) is 3. The molecule has 3 nitrogen and oxygen atoms in total. The van der Waals surface area contributed by atoms with Gasteiger partial charge in [-0.25, -0.2) is 12.8 Å². The average Bonchev–Trinajstić information content (AvgIpc) is 3.26. The van der Waals surface area contributed by atoms with Crippen molar-refractivity contribution in [3.63, 3.8) is 0 Å². The van der Waals surface area contributed by atoms with E-state index in [0.717, 1.165) is 5.41 Å². The number of sulfone groups is 1. The van der Waals surface area contributed by atoms with Crippen molar-refractivity contribution in [1.82, 2.24) is 0 Å². The van der Waals surface area contributed by atoms with Gasteiger partial charge in [-0.3, -0.25) is 0 Å². The Bertz CT molecular complexity index is 769. The third-order valence-electron chi connectivity index (χ3n) is 3.22. The standard InChI is InChI=1S/C16H13FO3S/c17-13-6-4-5-12(11-13)16-15(20-16)9-10-21(18,19)14-7-2-1-3-8-14/h1-11,15-16H/b10-9+/t15-,16+/m0/s1. The zero-order chi connectivity index (χ0) is 14.9. The molecule has 1 fully saturated rings. The summed E-state index contributed by atoms with van der Waals surface area (Å²) in [5.41, 5.74) is 0.710. The Morgan fingerprint density at radius 2 is 1.81 bits per heavy atom. The molecule has 2 aromatic rings. The molecule has 1 saturated heterocycles. The van der Waals surface area contributed by atoms with Gasteiger partial charge in [0.1, 0.15) is 18.0 Å². The highest BCUT2D eigenvalue weighted by molar-refractivity contribution is 7.94. The summed E-state index contributed by atoms with van der Waals surface area (Å²) in [5, 5.41) is 1.15. The van der Waals surface area contributed by atoms with Crippen molar-refractivity contribution in [3.8, 4) is 0 Å². The van der Waals surface area contributed by atoms with Crippen molar-refractivity contribution in [2.45, 2.75) is 17.1 Å². The zero-order valence-electron chi connectivity index (χ0n) is 11.0. The molecule has 0 bridgehead atoms. The minimum Gasteiger partial charge on any atom is -0.360 e. The van der Waals surface area contributed by atoms with Crippen LogP contribution in [0.4, 0.5) is 4.39 Å². The van der Waals surface area contributed by atoms with Gasteiger partial charge in [-0.05, 0) is 35.9 Å². The van der Waals surface area contributed by atoms with E-state index in [-0.39, 0.29) is 22.9 Å². The number of ether oxygens (including phenoxy) is 1. The lowest BCUT2D eigenvalue weighted by Crippen LogP contribution is -1.96. The van der Waals surface area contributed by atoms with Gasteiger partial charge in [0.25, 0.3) is 0 Å². The van der Waals surface area contributed by atoms with Gasteiger partial charge in [-0.2, -0.15) is 0 Å². The Morgan fingerprint density at radius 3 is 2.52 bits per heavy atom. The van der Waals surface area contributed by atoms with Gasteiger partial charge in [0, 0.05) is 5.41 Å². The summed E-state index contributed by atoms with van der Waals surface area (Å²) >= 11 is 0. The van der Waals surface area contributed by atoms with Crippen LogP contribution in [0.3, 0.4) is 0 Å². The quantitative estimate of drug-likeness (QED) is 0.815. The third kappa shape index (κ3) is 3.20. The predicted molar refractivity (Wildman–Crippen MR) is 76.8 cm³/mol. The second-order valence-electron chi connectivity index (χ2n) is 4.76. The molecule has 0 unspecified atom stereocenters. The smallest absolute Gasteiger partial charge is 0.199 e. The molecule has 108 valence electrons. The summed E-state index contributed by atoms with van der Waals surface area (Å²) in [6.07, 6.45) is 0.894. The Labute approximate surface area is 122 Å². The van der Waals surface area contributed by atoms with Crippen LogP contribution in [0.25, 0.3) is 0 Å².